The van der Waals surface area contributed by atoms with E-state index in [1.807, 2.05) is 31.2 Å². The number of benzene rings is 1. The number of hydrogen-bond acceptors (Lipinski definition) is 4. The Morgan fingerprint density at radius 1 is 1.10 bits per heavy atom. The largest absolute Gasteiger partial charge is 0.494 e. The van der Waals surface area contributed by atoms with Crippen LogP contribution in [0.1, 0.15) is 32.4 Å². The Bertz CT molecular complexity index is 392. The molecule has 0 radical (unpaired) electrons. The van der Waals surface area contributed by atoms with E-state index in [1.165, 1.54) is 0 Å². The first kappa shape index (κ1) is 18.0. The van der Waals surface area contributed by atoms with E-state index in [0.29, 0.717) is 19.2 Å². The Balaban J connectivity index is 2.62. The number of nitrogens with zero attached hydrogens (tertiary/aromatic N) is 2. The first-order valence-electron chi connectivity index (χ1n) is 7.77. The Labute approximate surface area is 129 Å². The van der Waals surface area contributed by atoms with Gasteiger partial charge in [-0.2, -0.15) is 0 Å². The van der Waals surface area contributed by atoms with Gasteiger partial charge in [0.25, 0.3) is 0 Å². The van der Waals surface area contributed by atoms with Crippen molar-refractivity contribution in [1.82, 2.24) is 9.80 Å². The highest BCUT2D eigenvalue weighted by atomic mass is 16.5. The van der Waals surface area contributed by atoms with Crippen LogP contribution in [0.3, 0.4) is 0 Å². The van der Waals surface area contributed by atoms with E-state index in [2.05, 4.69) is 37.7 Å². The molecule has 1 N–H and O–H groups in total. The molecule has 1 rings (SSSR count). The number of aliphatic hydroxyl groups excluding tert-OH is 1. The highest BCUT2D eigenvalue weighted by Gasteiger charge is 2.17. The van der Waals surface area contributed by atoms with Crippen LogP contribution >= 0.6 is 0 Å². The van der Waals surface area contributed by atoms with E-state index in [-0.39, 0.29) is 0 Å². The monoisotopic (exact) mass is 294 g/mol. The second kappa shape index (κ2) is 9.03. The van der Waals surface area contributed by atoms with Crippen molar-refractivity contribution in [3.63, 3.8) is 0 Å². The van der Waals surface area contributed by atoms with Gasteiger partial charge in [-0.1, -0.05) is 19.1 Å². The lowest BCUT2D eigenvalue weighted by Crippen LogP contribution is -2.42. The summed E-state index contributed by atoms with van der Waals surface area (Å²) in [6.07, 6.45) is -0.467. The van der Waals surface area contributed by atoms with Gasteiger partial charge >= 0.3 is 0 Å². The van der Waals surface area contributed by atoms with Crippen molar-refractivity contribution >= 4 is 0 Å². The van der Waals surface area contributed by atoms with Crippen LogP contribution in [0.2, 0.25) is 0 Å². The molecule has 0 spiro atoms. The van der Waals surface area contributed by atoms with Crippen molar-refractivity contribution < 1.29 is 9.84 Å². The standard InChI is InChI=1S/C17H30N2O2/c1-6-19(14(3)12-18(4)5)13-17(20)15-8-10-16(11-9-15)21-7-2/h8-11,14,17,20H,6-7,12-13H2,1-5H3. The third kappa shape index (κ3) is 6.04. The quantitative estimate of drug-likeness (QED) is 0.758. The molecule has 0 saturated heterocycles. The zero-order chi connectivity index (χ0) is 15.8. The highest BCUT2D eigenvalue weighted by Crippen LogP contribution is 2.19. The maximum Gasteiger partial charge on any atom is 0.119 e. The van der Waals surface area contributed by atoms with E-state index in [9.17, 15) is 5.11 Å². The molecule has 0 amide bonds. The lowest BCUT2D eigenvalue weighted by Gasteiger charge is -2.31. The molecule has 120 valence electrons. The lowest BCUT2D eigenvalue weighted by molar-refractivity contribution is 0.0858. The summed E-state index contributed by atoms with van der Waals surface area (Å²) in [6, 6.07) is 8.14. The molecular formula is C17H30N2O2. The van der Waals surface area contributed by atoms with Gasteiger partial charge in [-0.3, -0.25) is 4.90 Å². The summed E-state index contributed by atoms with van der Waals surface area (Å²) in [5, 5.41) is 10.4. The van der Waals surface area contributed by atoms with Gasteiger partial charge in [0.15, 0.2) is 0 Å². The van der Waals surface area contributed by atoms with Crippen molar-refractivity contribution in [3.05, 3.63) is 29.8 Å². The average molecular weight is 294 g/mol. The molecule has 4 nitrogen and oxygen atoms in total. The zero-order valence-electron chi connectivity index (χ0n) is 14.0. The number of likely N-dealkylation sites (N-methyl/N-ethyl adjacent to an activating group) is 2. The van der Waals surface area contributed by atoms with Crippen LogP contribution in [0.25, 0.3) is 0 Å². The zero-order valence-corrected chi connectivity index (χ0v) is 14.0. The number of aliphatic hydroxyl groups is 1. The molecule has 21 heavy (non-hydrogen) atoms. The molecule has 0 bridgehead atoms. The van der Waals surface area contributed by atoms with Crippen molar-refractivity contribution in [1.29, 1.82) is 0 Å². The minimum Gasteiger partial charge on any atom is -0.494 e. The summed E-state index contributed by atoms with van der Waals surface area (Å²) < 4.78 is 5.43. The van der Waals surface area contributed by atoms with Crippen LogP contribution in [0, 0.1) is 0 Å². The van der Waals surface area contributed by atoms with E-state index in [0.717, 1.165) is 24.4 Å². The van der Waals surface area contributed by atoms with Gasteiger partial charge in [0.2, 0.25) is 0 Å². The van der Waals surface area contributed by atoms with Crippen LogP contribution in [0.5, 0.6) is 5.75 Å². The van der Waals surface area contributed by atoms with Crippen LogP contribution in [-0.2, 0) is 0 Å². The maximum absolute atomic E-state index is 10.4. The third-order valence-electron chi connectivity index (χ3n) is 3.64. The van der Waals surface area contributed by atoms with E-state index >= 15 is 0 Å². The van der Waals surface area contributed by atoms with Crippen LogP contribution < -0.4 is 4.74 Å². The second-order valence-electron chi connectivity index (χ2n) is 5.72. The fraction of sp³-hybridized carbons (Fsp3) is 0.647. The first-order valence-corrected chi connectivity index (χ1v) is 7.77. The van der Waals surface area contributed by atoms with Gasteiger partial charge in [-0.15, -0.1) is 0 Å². The average Bonchev–Trinajstić information content (AvgIpc) is 2.44. The van der Waals surface area contributed by atoms with Gasteiger partial charge in [-0.05, 0) is 52.2 Å². The van der Waals surface area contributed by atoms with Crippen molar-refractivity contribution in [2.24, 2.45) is 0 Å². The topological polar surface area (TPSA) is 35.9 Å². The van der Waals surface area contributed by atoms with Gasteiger partial charge < -0.3 is 14.7 Å². The molecule has 1 aromatic carbocycles. The molecule has 0 saturated carbocycles. The molecule has 0 aliphatic heterocycles. The first-order chi connectivity index (χ1) is 9.97. The maximum atomic E-state index is 10.4. The van der Waals surface area contributed by atoms with Crippen molar-refractivity contribution in [3.8, 4) is 5.75 Å². The number of ether oxygens (including phenoxy) is 1. The smallest absolute Gasteiger partial charge is 0.119 e. The molecule has 1 aromatic rings. The molecule has 0 aliphatic carbocycles. The molecule has 0 heterocycles. The Kier molecular flexibility index (Phi) is 7.72. The Morgan fingerprint density at radius 2 is 1.71 bits per heavy atom. The number of hydrogen-bond donors (Lipinski definition) is 1. The van der Waals surface area contributed by atoms with Gasteiger partial charge in [-0.25, -0.2) is 0 Å². The van der Waals surface area contributed by atoms with Crippen LogP contribution in [-0.4, -0.2) is 61.3 Å². The molecule has 0 aliphatic rings. The molecule has 0 fully saturated rings. The minimum atomic E-state index is -0.467. The normalized spacial score (nSPS) is 14.5. The van der Waals surface area contributed by atoms with Gasteiger partial charge in [0.1, 0.15) is 5.75 Å². The molecular weight excluding hydrogens is 264 g/mol. The van der Waals surface area contributed by atoms with Crippen molar-refractivity contribution in [2.45, 2.75) is 32.9 Å². The fourth-order valence-corrected chi connectivity index (χ4v) is 2.55. The lowest BCUT2D eigenvalue weighted by atomic mass is 10.1. The summed E-state index contributed by atoms with van der Waals surface area (Å²) in [5.41, 5.74) is 0.939. The van der Waals surface area contributed by atoms with Crippen LogP contribution in [0.4, 0.5) is 0 Å². The summed E-state index contributed by atoms with van der Waals surface area (Å²) in [4.78, 5) is 4.48. The molecule has 2 atom stereocenters. The summed E-state index contributed by atoms with van der Waals surface area (Å²) in [7, 11) is 4.15. The predicted octanol–water partition coefficient (Wildman–Crippen LogP) is 2.39. The van der Waals surface area contributed by atoms with Gasteiger partial charge in [0.05, 0.1) is 12.7 Å². The van der Waals surface area contributed by atoms with E-state index in [4.69, 9.17) is 4.74 Å². The van der Waals surface area contributed by atoms with E-state index < -0.39 is 6.10 Å². The Morgan fingerprint density at radius 3 is 2.19 bits per heavy atom. The van der Waals surface area contributed by atoms with Gasteiger partial charge in [0, 0.05) is 19.1 Å². The summed E-state index contributed by atoms with van der Waals surface area (Å²) in [5.74, 6) is 0.849. The highest BCUT2D eigenvalue weighted by molar-refractivity contribution is 5.28. The summed E-state index contributed by atoms with van der Waals surface area (Å²) in [6.45, 7) is 9.54. The molecule has 0 aromatic heterocycles. The Hall–Kier alpha value is -1.10. The third-order valence-corrected chi connectivity index (χ3v) is 3.64. The molecule has 4 heteroatoms. The van der Waals surface area contributed by atoms with Crippen molar-refractivity contribution in [2.75, 3.05) is 40.3 Å². The number of rotatable bonds is 9. The van der Waals surface area contributed by atoms with Crippen LogP contribution in [0.15, 0.2) is 24.3 Å². The minimum absolute atomic E-state index is 0.419. The summed E-state index contributed by atoms with van der Waals surface area (Å²) >= 11 is 0. The molecule has 2 unspecified atom stereocenters. The SMILES string of the molecule is CCOc1ccc(C(O)CN(CC)C(C)CN(C)C)cc1. The predicted molar refractivity (Wildman–Crippen MR) is 87.8 cm³/mol. The van der Waals surface area contributed by atoms with E-state index in [1.54, 1.807) is 0 Å². The second-order valence-corrected chi connectivity index (χ2v) is 5.72. The fourth-order valence-electron chi connectivity index (χ4n) is 2.55.